The normalized spacial score (nSPS) is 58.9. The number of aliphatic hydroxyl groups excluding tert-OH is 8. The molecule has 0 bridgehead atoms. The molecule has 0 aromatic carbocycles. The first-order chi connectivity index (χ1) is 29.3. The monoisotopic (exact) mass is 884 g/mol. The minimum atomic E-state index is -1.72. The van der Waals surface area contributed by atoms with Crippen LogP contribution in [0.2, 0.25) is 0 Å². The van der Waals surface area contributed by atoms with E-state index in [2.05, 4.69) is 33.8 Å². The van der Waals surface area contributed by atoms with Gasteiger partial charge in [-0.1, -0.05) is 39.3 Å². The van der Waals surface area contributed by atoms with Crippen LogP contribution in [0.4, 0.5) is 0 Å². The van der Waals surface area contributed by atoms with Crippen LogP contribution in [0, 0.1) is 40.4 Å². The second-order valence-corrected chi connectivity index (χ2v) is 21.2. The summed E-state index contributed by atoms with van der Waals surface area (Å²) >= 11 is 0. The summed E-state index contributed by atoms with van der Waals surface area (Å²) in [6.07, 6.45) is -12.6. The Balaban J connectivity index is 0.924. The van der Waals surface area contributed by atoms with Gasteiger partial charge in [-0.3, -0.25) is 0 Å². The van der Waals surface area contributed by atoms with E-state index < -0.39 is 116 Å². The first-order valence-electron chi connectivity index (χ1n) is 23.3. The van der Waals surface area contributed by atoms with Crippen LogP contribution in [-0.4, -0.2) is 175 Å². The number of ether oxygens (including phenoxy) is 8. The Labute approximate surface area is 363 Å². The Morgan fingerprint density at radius 2 is 1.34 bits per heavy atom. The van der Waals surface area contributed by atoms with E-state index in [1.807, 2.05) is 0 Å². The summed E-state index contributed by atoms with van der Waals surface area (Å²) in [4.78, 5) is 0. The van der Waals surface area contributed by atoms with Gasteiger partial charge in [0.2, 0.25) is 0 Å². The second kappa shape index (κ2) is 16.7. The highest BCUT2D eigenvalue weighted by Gasteiger charge is 2.76. The minimum absolute atomic E-state index is 0.112. The van der Waals surface area contributed by atoms with E-state index >= 15 is 0 Å². The fraction of sp³-hybridized carbons (Fsp3) is 0.956. The fourth-order valence-corrected chi connectivity index (χ4v) is 13.9. The lowest BCUT2D eigenvalue weighted by atomic mass is 9.46. The molecule has 9 rings (SSSR count). The van der Waals surface area contributed by atoms with Crippen molar-refractivity contribution in [2.75, 3.05) is 13.2 Å². The topological polar surface area (TPSA) is 256 Å². The Morgan fingerprint density at radius 1 is 0.694 bits per heavy atom. The van der Waals surface area contributed by atoms with Crippen molar-refractivity contribution in [3.05, 3.63) is 11.6 Å². The summed E-state index contributed by atoms with van der Waals surface area (Å²) in [6.45, 7) is 12.0. The average molecular weight is 885 g/mol. The Morgan fingerprint density at radius 3 is 1.95 bits per heavy atom. The maximum Gasteiger partial charge on any atom is 0.187 e. The zero-order chi connectivity index (χ0) is 44.4. The zero-order valence-corrected chi connectivity index (χ0v) is 36.8. The van der Waals surface area contributed by atoms with E-state index in [-0.39, 0.29) is 22.9 Å². The van der Waals surface area contributed by atoms with Crippen LogP contribution >= 0.6 is 0 Å². The summed E-state index contributed by atoms with van der Waals surface area (Å²) in [5.74, 6) is 0.684. The van der Waals surface area contributed by atoms with Crippen LogP contribution in [0.3, 0.4) is 0 Å². The van der Waals surface area contributed by atoms with Gasteiger partial charge in [-0.25, -0.2) is 0 Å². The lowest BCUT2D eigenvalue weighted by molar-refractivity contribution is -0.388. The summed E-state index contributed by atoms with van der Waals surface area (Å²) in [7, 11) is 0. The van der Waals surface area contributed by atoms with Gasteiger partial charge < -0.3 is 83.9 Å². The maximum absolute atomic E-state index is 12.8. The first kappa shape index (κ1) is 46.2. The van der Waals surface area contributed by atoms with Gasteiger partial charge in [-0.2, -0.15) is 0 Å². The molecule has 5 aliphatic heterocycles. The molecule has 0 radical (unpaired) electrons. The first-order valence-corrected chi connectivity index (χ1v) is 23.3. The standard InChI is InChI=1S/C45H72O17/c1-19-9-14-44(55-18-19)22(4)45(54)29(62-44)16-27-25-8-7-23-15-24(10-12-42(23,5)26(25)11-13-43(27,45)6)58-41-38(61-40-35(52)33(50)31(48)21(3)57-40)36(53)37(28(17-46)59-41)60-39-34(51)32(49)30(47)20(2)56-39/h7,19-22,24-41,46-54H,8-18H2,1-6H3. The molecule has 9 N–H and O–H groups in total. The molecule has 62 heavy (non-hydrogen) atoms. The van der Waals surface area contributed by atoms with Gasteiger partial charge in [0.15, 0.2) is 24.7 Å². The smallest absolute Gasteiger partial charge is 0.187 e. The van der Waals surface area contributed by atoms with Gasteiger partial charge in [0.25, 0.3) is 0 Å². The van der Waals surface area contributed by atoms with Crippen LogP contribution in [0.5, 0.6) is 0 Å². The lowest BCUT2D eigenvalue weighted by Gasteiger charge is -2.60. The van der Waals surface area contributed by atoms with Crippen LogP contribution in [0.1, 0.15) is 99.3 Å². The third kappa shape index (κ3) is 7.05. The molecule has 1 spiro atoms. The second-order valence-electron chi connectivity index (χ2n) is 21.2. The van der Waals surface area contributed by atoms with Crippen LogP contribution in [-0.2, 0) is 37.9 Å². The molecule has 26 atom stereocenters. The van der Waals surface area contributed by atoms with E-state index in [4.69, 9.17) is 37.9 Å². The molecule has 0 aromatic rings. The van der Waals surface area contributed by atoms with E-state index in [0.717, 1.165) is 44.9 Å². The molecule has 17 nitrogen and oxygen atoms in total. The quantitative estimate of drug-likeness (QED) is 0.157. The van der Waals surface area contributed by atoms with E-state index in [0.29, 0.717) is 43.1 Å². The number of hydrogen-bond acceptors (Lipinski definition) is 17. The van der Waals surface area contributed by atoms with Crippen molar-refractivity contribution < 1.29 is 83.9 Å². The fourth-order valence-electron chi connectivity index (χ4n) is 13.9. The summed E-state index contributed by atoms with van der Waals surface area (Å²) in [6, 6.07) is 0. The number of rotatable bonds is 7. The number of allylic oxidation sites excluding steroid dienone is 1. The van der Waals surface area contributed by atoms with Gasteiger partial charge in [-0.05, 0) is 94.3 Å². The molecule has 5 saturated heterocycles. The van der Waals surface area contributed by atoms with Gasteiger partial charge in [-0.15, -0.1) is 0 Å². The summed E-state index contributed by atoms with van der Waals surface area (Å²) in [5, 5.41) is 98.7. The molecular formula is C45H72O17. The largest absolute Gasteiger partial charge is 0.394 e. The molecule has 0 amide bonds. The van der Waals surface area contributed by atoms with Gasteiger partial charge in [0.1, 0.15) is 66.6 Å². The van der Waals surface area contributed by atoms with Crippen molar-refractivity contribution in [3.63, 3.8) is 0 Å². The number of hydrogen-bond donors (Lipinski definition) is 9. The van der Waals surface area contributed by atoms with Crippen molar-refractivity contribution in [1.29, 1.82) is 0 Å². The highest BCUT2D eigenvalue weighted by molar-refractivity contribution is 5.29. The Kier molecular flexibility index (Phi) is 12.4. The highest BCUT2D eigenvalue weighted by atomic mass is 16.8. The molecule has 4 aliphatic carbocycles. The Hall–Kier alpha value is -0.940. The molecule has 354 valence electrons. The van der Waals surface area contributed by atoms with Crippen molar-refractivity contribution in [2.24, 2.45) is 40.4 Å². The van der Waals surface area contributed by atoms with Crippen LogP contribution < -0.4 is 0 Å². The van der Waals surface area contributed by atoms with E-state index in [1.165, 1.54) is 19.4 Å². The van der Waals surface area contributed by atoms with E-state index in [1.54, 1.807) is 0 Å². The van der Waals surface area contributed by atoms with Crippen LogP contribution in [0.15, 0.2) is 11.6 Å². The molecule has 26 unspecified atom stereocenters. The van der Waals surface area contributed by atoms with Crippen molar-refractivity contribution in [3.8, 4) is 0 Å². The predicted molar refractivity (Wildman–Crippen MR) is 214 cm³/mol. The van der Waals surface area contributed by atoms with E-state index in [9.17, 15) is 46.0 Å². The lowest BCUT2D eigenvalue weighted by Crippen LogP contribution is -2.66. The molecule has 0 aromatic heterocycles. The summed E-state index contributed by atoms with van der Waals surface area (Å²) < 4.78 is 49.8. The van der Waals surface area contributed by atoms with Crippen molar-refractivity contribution in [1.82, 2.24) is 0 Å². The highest BCUT2D eigenvalue weighted by Crippen LogP contribution is 2.72. The average Bonchev–Trinajstić information content (AvgIpc) is 3.60. The van der Waals surface area contributed by atoms with Crippen LogP contribution in [0.25, 0.3) is 0 Å². The number of aliphatic hydroxyl groups is 9. The molecular weight excluding hydrogens is 812 g/mol. The zero-order valence-electron chi connectivity index (χ0n) is 36.8. The molecule has 9 aliphatic rings. The maximum atomic E-state index is 12.8. The van der Waals surface area contributed by atoms with Crippen molar-refractivity contribution >= 4 is 0 Å². The summed E-state index contributed by atoms with van der Waals surface area (Å²) in [5.41, 5.74) is -0.108. The van der Waals surface area contributed by atoms with Crippen molar-refractivity contribution in [2.45, 2.75) is 215 Å². The molecule has 17 heteroatoms. The SMILES string of the molecule is CC1CCC2(OC1)OC1CC3C4CC=C5CC(OC6OC(CO)C(OC7OC(C)C(O)C(O)C7O)C(O)C6OC6OC(C)C(O)C(O)C6O)CCC5(C)C4CCC3(C)C1(O)C2C. The third-order valence-electron chi connectivity index (χ3n) is 17.9. The minimum Gasteiger partial charge on any atom is -0.394 e. The molecule has 8 fully saturated rings. The predicted octanol–water partition coefficient (Wildman–Crippen LogP) is 0.357. The molecule has 5 heterocycles. The molecule has 3 saturated carbocycles. The van der Waals surface area contributed by atoms with Gasteiger partial charge in [0.05, 0.1) is 37.6 Å². The van der Waals surface area contributed by atoms with Gasteiger partial charge in [0, 0.05) is 17.8 Å². The Bertz CT molecular complexity index is 1640. The number of fused-ring (bicyclic) bond motifs is 7. The third-order valence-corrected chi connectivity index (χ3v) is 17.9. The van der Waals surface area contributed by atoms with Gasteiger partial charge >= 0.3 is 0 Å².